The van der Waals surface area contributed by atoms with Gasteiger partial charge >= 0.3 is 0 Å². The molecular weight excluding hydrogens is 278 g/mol. The third-order valence-corrected chi connectivity index (χ3v) is 3.51. The molecule has 1 N–H and O–H groups in total. The van der Waals surface area contributed by atoms with Crippen LogP contribution in [0.3, 0.4) is 0 Å². The van der Waals surface area contributed by atoms with E-state index in [4.69, 9.17) is 4.74 Å². The quantitative estimate of drug-likeness (QED) is 0.780. The highest BCUT2D eigenvalue weighted by molar-refractivity contribution is 9.10. The lowest BCUT2D eigenvalue weighted by Gasteiger charge is -2.09. The number of halogens is 1. The number of ether oxygens (including phenoxy) is 1. The van der Waals surface area contributed by atoms with Gasteiger partial charge in [0.15, 0.2) is 0 Å². The molecule has 0 bridgehead atoms. The van der Waals surface area contributed by atoms with E-state index in [-0.39, 0.29) is 0 Å². The lowest BCUT2D eigenvalue weighted by Crippen LogP contribution is -2.20. The first-order valence-electron chi connectivity index (χ1n) is 5.97. The van der Waals surface area contributed by atoms with Gasteiger partial charge in [0.1, 0.15) is 0 Å². The van der Waals surface area contributed by atoms with Crippen LogP contribution in [0, 0.1) is 0 Å². The Balaban J connectivity index is 1.64. The predicted octanol–water partition coefficient (Wildman–Crippen LogP) is 3.27. The maximum absolute atomic E-state index is 5.65. The maximum atomic E-state index is 5.65. The Labute approximate surface area is 111 Å². The van der Waals surface area contributed by atoms with Crippen LogP contribution in [0.15, 0.2) is 40.9 Å². The summed E-state index contributed by atoms with van der Waals surface area (Å²) in [5, 5.41) is 3.43. The Morgan fingerprint density at radius 2 is 2.18 bits per heavy atom. The van der Waals surface area contributed by atoms with Crippen LogP contribution in [0.5, 0.6) is 0 Å². The summed E-state index contributed by atoms with van der Waals surface area (Å²) in [7, 11) is 0. The van der Waals surface area contributed by atoms with Gasteiger partial charge < -0.3 is 10.1 Å². The highest BCUT2D eigenvalue weighted by atomic mass is 79.9. The van der Waals surface area contributed by atoms with Gasteiger partial charge in [-0.2, -0.15) is 0 Å². The molecule has 0 aromatic heterocycles. The van der Waals surface area contributed by atoms with Crippen molar-refractivity contribution in [2.24, 2.45) is 0 Å². The van der Waals surface area contributed by atoms with Crippen molar-refractivity contribution in [3.05, 3.63) is 46.5 Å². The smallest absolute Gasteiger partial charge is 0.0732 e. The van der Waals surface area contributed by atoms with Crippen molar-refractivity contribution in [3.63, 3.8) is 0 Å². The highest BCUT2D eigenvalue weighted by Gasteiger charge is 2.19. The van der Waals surface area contributed by atoms with Crippen LogP contribution in [0.25, 0.3) is 0 Å². The van der Waals surface area contributed by atoms with Gasteiger partial charge in [-0.1, -0.05) is 40.7 Å². The first kappa shape index (κ1) is 12.8. The second-order valence-corrected chi connectivity index (χ2v) is 5.34. The first-order chi connectivity index (χ1) is 8.25. The largest absolute Gasteiger partial charge is 0.372 e. The first-order valence-corrected chi connectivity index (χ1v) is 6.76. The van der Waals surface area contributed by atoms with Crippen LogP contribution in [0.1, 0.15) is 18.4 Å². The topological polar surface area (TPSA) is 21.3 Å². The summed E-state index contributed by atoms with van der Waals surface area (Å²) >= 11 is 3.51. The van der Waals surface area contributed by atoms with E-state index in [1.807, 2.05) is 18.2 Å². The second-order valence-electron chi connectivity index (χ2n) is 4.49. The van der Waals surface area contributed by atoms with Crippen molar-refractivity contribution < 1.29 is 4.74 Å². The molecule has 0 atom stereocenters. The Morgan fingerprint density at radius 3 is 2.88 bits per heavy atom. The van der Waals surface area contributed by atoms with Crippen LogP contribution in [0.2, 0.25) is 0 Å². The van der Waals surface area contributed by atoms with Crippen molar-refractivity contribution in [3.8, 4) is 0 Å². The molecule has 92 valence electrons. The average molecular weight is 296 g/mol. The van der Waals surface area contributed by atoms with Crippen LogP contribution < -0.4 is 5.32 Å². The number of nitrogens with one attached hydrogen (secondary N) is 1. The zero-order valence-corrected chi connectivity index (χ0v) is 11.5. The molecule has 1 saturated carbocycles. The van der Waals surface area contributed by atoms with Crippen molar-refractivity contribution in [2.75, 3.05) is 13.2 Å². The molecule has 1 aliphatic rings. The van der Waals surface area contributed by atoms with Gasteiger partial charge in [-0.15, -0.1) is 0 Å². The fourth-order valence-corrected chi connectivity index (χ4v) is 1.95. The van der Waals surface area contributed by atoms with Gasteiger partial charge in [-0.3, -0.25) is 0 Å². The van der Waals surface area contributed by atoms with Gasteiger partial charge in [0.05, 0.1) is 13.2 Å². The molecule has 1 fully saturated rings. The second kappa shape index (κ2) is 6.34. The molecule has 17 heavy (non-hydrogen) atoms. The summed E-state index contributed by atoms with van der Waals surface area (Å²) in [6.45, 7) is 6.14. The number of rotatable bonds is 7. The molecule has 1 aromatic carbocycles. The number of hydrogen-bond donors (Lipinski definition) is 1. The summed E-state index contributed by atoms with van der Waals surface area (Å²) in [5.41, 5.74) is 2.29. The van der Waals surface area contributed by atoms with Gasteiger partial charge in [-0.05, 0) is 30.0 Å². The molecule has 0 spiro atoms. The van der Waals surface area contributed by atoms with Gasteiger partial charge in [0, 0.05) is 17.1 Å². The molecular formula is C14H18BrNO. The van der Waals surface area contributed by atoms with Crippen LogP contribution >= 0.6 is 15.9 Å². The third-order valence-electron chi connectivity index (χ3n) is 2.74. The van der Waals surface area contributed by atoms with Crippen molar-refractivity contribution in [1.82, 2.24) is 5.32 Å². The van der Waals surface area contributed by atoms with Crippen LogP contribution in [-0.4, -0.2) is 19.2 Å². The zero-order valence-electron chi connectivity index (χ0n) is 9.92. The van der Waals surface area contributed by atoms with Gasteiger partial charge in [0.2, 0.25) is 0 Å². The van der Waals surface area contributed by atoms with Gasteiger partial charge in [-0.25, -0.2) is 0 Å². The Morgan fingerprint density at radius 1 is 1.41 bits per heavy atom. The molecule has 0 amide bonds. The molecule has 0 aliphatic heterocycles. The zero-order chi connectivity index (χ0) is 12.1. The molecule has 0 unspecified atom stereocenters. The van der Waals surface area contributed by atoms with E-state index < -0.39 is 0 Å². The van der Waals surface area contributed by atoms with Crippen molar-refractivity contribution >= 4 is 15.9 Å². The summed E-state index contributed by atoms with van der Waals surface area (Å²) in [6.07, 6.45) is 2.62. The molecule has 0 heterocycles. The van der Waals surface area contributed by atoms with E-state index in [9.17, 15) is 0 Å². The maximum Gasteiger partial charge on any atom is 0.0732 e. The minimum atomic E-state index is 0.626. The van der Waals surface area contributed by atoms with E-state index >= 15 is 0 Å². The molecule has 0 radical (unpaired) electrons. The predicted molar refractivity (Wildman–Crippen MR) is 74.0 cm³/mol. The fraction of sp³-hybridized carbons (Fsp3) is 0.429. The Kier molecular flexibility index (Phi) is 4.77. The van der Waals surface area contributed by atoms with Crippen molar-refractivity contribution in [1.29, 1.82) is 0 Å². The summed E-state index contributed by atoms with van der Waals surface area (Å²) in [6, 6.07) is 8.85. The fourth-order valence-electron chi connectivity index (χ4n) is 1.55. The summed E-state index contributed by atoms with van der Waals surface area (Å²) in [4.78, 5) is 0. The third kappa shape index (κ3) is 4.62. The number of hydrogen-bond acceptors (Lipinski definition) is 2. The summed E-state index contributed by atoms with van der Waals surface area (Å²) < 4.78 is 6.74. The lowest BCUT2D eigenvalue weighted by atomic mass is 10.2. The van der Waals surface area contributed by atoms with E-state index in [0.29, 0.717) is 13.2 Å². The lowest BCUT2D eigenvalue weighted by molar-refractivity contribution is 0.141. The van der Waals surface area contributed by atoms with E-state index in [0.717, 1.165) is 22.6 Å². The average Bonchev–Trinajstić information content (AvgIpc) is 3.13. The monoisotopic (exact) mass is 295 g/mol. The highest BCUT2D eigenvalue weighted by Crippen LogP contribution is 2.19. The van der Waals surface area contributed by atoms with Gasteiger partial charge in [0.25, 0.3) is 0 Å². The normalized spacial score (nSPS) is 14.9. The SMILES string of the molecule is C=C(CNC1CC1)COCc1ccccc1Br. The number of benzene rings is 1. The molecule has 1 aliphatic carbocycles. The minimum Gasteiger partial charge on any atom is -0.372 e. The molecule has 0 saturated heterocycles. The Bertz CT molecular complexity index is 388. The molecule has 2 nitrogen and oxygen atoms in total. The molecule has 3 heteroatoms. The van der Waals surface area contributed by atoms with E-state index in [2.05, 4.69) is 33.9 Å². The van der Waals surface area contributed by atoms with Crippen LogP contribution in [-0.2, 0) is 11.3 Å². The minimum absolute atomic E-state index is 0.626. The molecule has 1 aromatic rings. The van der Waals surface area contributed by atoms with E-state index in [1.165, 1.54) is 18.4 Å². The van der Waals surface area contributed by atoms with E-state index in [1.54, 1.807) is 0 Å². The standard InChI is InChI=1S/C14H18BrNO/c1-11(8-16-13-6-7-13)9-17-10-12-4-2-3-5-14(12)15/h2-5,13,16H,1,6-10H2. The van der Waals surface area contributed by atoms with Crippen LogP contribution in [0.4, 0.5) is 0 Å². The Hall–Kier alpha value is -0.640. The molecule has 2 rings (SSSR count). The van der Waals surface area contributed by atoms with Crippen molar-refractivity contribution in [2.45, 2.75) is 25.5 Å². The summed E-state index contributed by atoms with van der Waals surface area (Å²) in [5.74, 6) is 0.